The molecule has 1 atom stereocenters. The van der Waals surface area contributed by atoms with Gasteiger partial charge in [-0.25, -0.2) is 9.97 Å². The van der Waals surface area contributed by atoms with Crippen molar-refractivity contribution in [1.82, 2.24) is 14.9 Å². The summed E-state index contributed by atoms with van der Waals surface area (Å²) in [6.07, 6.45) is 6.69. The second kappa shape index (κ2) is 10.6. The lowest BCUT2D eigenvalue weighted by molar-refractivity contribution is 0.118. The summed E-state index contributed by atoms with van der Waals surface area (Å²) in [5.41, 5.74) is 8.97. The Kier molecular flexibility index (Phi) is 7.52. The van der Waals surface area contributed by atoms with Crippen LogP contribution >= 0.6 is 11.3 Å². The van der Waals surface area contributed by atoms with Gasteiger partial charge in [0.15, 0.2) is 0 Å². The maximum atomic E-state index is 10.1. The van der Waals surface area contributed by atoms with Crippen molar-refractivity contribution in [2.75, 3.05) is 31.2 Å². The lowest BCUT2D eigenvalue weighted by Gasteiger charge is -2.27. The van der Waals surface area contributed by atoms with Gasteiger partial charge in [-0.15, -0.1) is 11.3 Å². The Morgan fingerprint density at radius 1 is 1.24 bits per heavy atom. The SMILES string of the molecule is CCC(C)(O)C#Cc1cccc(CNc2cc(-c3cnc(C4CCN(C)CC4)s3)cnc2N)c1. The Hall–Kier alpha value is -2.92. The summed E-state index contributed by atoms with van der Waals surface area (Å²) >= 11 is 1.76. The number of aromatic nitrogens is 2. The fraction of sp³-hybridized carbons (Fsp3) is 0.407. The predicted octanol–water partition coefficient (Wildman–Crippen LogP) is 4.72. The monoisotopic (exact) mass is 475 g/mol. The van der Waals surface area contributed by atoms with Crippen molar-refractivity contribution < 1.29 is 5.11 Å². The lowest BCUT2D eigenvalue weighted by Crippen LogP contribution is -2.29. The summed E-state index contributed by atoms with van der Waals surface area (Å²) in [4.78, 5) is 12.6. The number of rotatable bonds is 6. The molecule has 0 aliphatic carbocycles. The van der Waals surface area contributed by atoms with Crippen LogP contribution in [0.4, 0.5) is 11.5 Å². The number of anilines is 2. The molecule has 4 N–H and O–H groups in total. The third-order valence-electron chi connectivity index (χ3n) is 6.37. The molecule has 0 bridgehead atoms. The Labute approximate surface area is 206 Å². The number of pyridine rings is 1. The van der Waals surface area contributed by atoms with Crippen LogP contribution in [0.5, 0.6) is 0 Å². The van der Waals surface area contributed by atoms with Gasteiger partial charge >= 0.3 is 0 Å². The topological polar surface area (TPSA) is 87.3 Å². The van der Waals surface area contributed by atoms with Crippen LogP contribution in [0.2, 0.25) is 0 Å². The number of nitrogens with one attached hydrogen (secondary N) is 1. The van der Waals surface area contributed by atoms with E-state index in [4.69, 9.17) is 10.7 Å². The van der Waals surface area contributed by atoms with Crippen LogP contribution < -0.4 is 11.1 Å². The molecule has 2 aromatic heterocycles. The van der Waals surface area contributed by atoms with Crippen LogP contribution in [-0.4, -0.2) is 45.7 Å². The minimum absolute atomic E-state index is 0.471. The van der Waals surface area contributed by atoms with Crippen molar-refractivity contribution in [3.63, 3.8) is 0 Å². The second-order valence-electron chi connectivity index (χ2n) is 9.23. The normalized spacial score (nSPS) is 16.5. The molecule has 1 unspecified atom stereocenters. The first-order valence-electron chi connectivity index (χ1n) is 11.8. The van der Waals surface area contributed by atoms with E-state index in [0.29, 0.717) is 24.7 Å². The summed E-state index contributed by atoms with van der Waals surface area (Å²) < 4.78 is 0. The first-order chi connectivity index (χ1) is 16.3. The number of benzene rings is 1. The Bertz CT molecular complexity index is 1180. The Balaban J connectivity index is 1.45. The van der Waals surface area contributed by atoms with E-state index in [1.165, 1.54) is 5.01 Å². The van der Waals surface area contributed by atoms with Gasteiger partial charge < -0.3 is 21.1 Å². The number of nitrogen functional groups attached to an aromatic ring is 1. The fourth-order valence-electron chi connectivity index (χ4n) is 3.87. The van der Waals surface area contributed by atoms with Crippen LogP contribution in [0.25, 0.3) is 10.4 Å². The number of hydrogen-bond donors (Lipinski definition) is 3. The maximum Gasteiger partial charge on any atom is 0.146 e. The van der Waals surface area contributed by atoms with Crippen molar-refractivity contribution in [2.24, 2.45) is 0 Å². The van der Waals surface area contributed by atoms with Gasteiger partial charge in [0, 0.05) is 36.0 Å². The molecule has 7 heteroatoms. The van der Waals surface area contributed by atoms with Gasteiger partial charge in [-0.3, -0.25) is 0 Å². The number of likely N-dealkylation sites (tertiary alicyclic amines) is 1. The van der Waals surface area contributed by atoms with Crippen LogP contribution in [0, 0.1) is 11.8 Å². The van der Waals surface area contributed by atoms with Gasteiger partial charge in [0.1, 0.15) is 11.4 Å². The van der Waals surface area contributed by atoms with Crippen LogP contribution in [0.15, 0.2) is 42.7 Å². The van der Waals surface area contributed by atoms with Gasteiger partial charge in [0.25, 0.3) is 0 Å². The number of piperidine rings is 1. The van der Waals surface area contributed by atoms with Gasteiger partial charge in [-0.1, -0.05) is 30.9 Å². The van der Waals surface area contributed by atoms with E-state index in [0.717, 1.165) is 53.2 Å². The average Bonchev–Trinajstić information content (AvgIpc) is 3.33. The van der Waals surface area contributed by atoms with E-state index in [1.54, 1.807) is 18.3 Å². The van der Waals surface area contributed by atoms with Gasteiger partial charge in [-0.05, 0) is 70.1 Å². The Morgan fingerprint density at radius 3 is 2.79 bits per heavy atom. The molecule has 34 heavy (non-hydrogen) atoms. The van der Waals surface area contributed by atoms with Crippen LogP contribution in [0.3, 0.4) is 0 Å². The van der Waals surface area contributed by atoms with Crippen molar-refractivity contribution >= 4 is 22.8 Å². The van der Waals surface area contributed by atoms with Crippen LogP contribution in [0.1, 0.15) is 55.2 Å². The van der Waals surface area contributed by atoms with Crippen molar-refractivity contribution in [2.45, 2.75) is 51.2 Å². The van der Waals surface area contributed by atoms with E-state index in [-0.39, 0.29) is 0 Å². The molecule has 1 aromatic carbocycles. The summed E-state index contributed by atoms with van der Waals surface area (Å²) in [6.45, 7) is 6.50. The summed E-state index contributed by atoms with van der Waals surface area (Å²) in [5, 5.41) is 14.8. The highest BCUT2D eigenvalue weighted by Gasteiger charge is 2.21. The maximum absolute atomic E-state index is 10.1. The zero-order chi connectivity index (χ0) is 24.1. The third-order valence-corrected chi connectivity index (χ3v) is 7.58. The molecule has 6 nitrogen and oxygen atoms in total. The lowest BCUT2D eigenvalue weighted by atomic mass is 9.98. The molecular weight excluding hydrogens is 442 g/mol. The highest BCUT2D eigenvalue weighted by Crippen LogP contribution is 2.35. The number of thiazole rings is 1. The summed E-state index contributed by atoms with van der Waals surface area (Å²) in [6, 6.07) is 10.0. The first kappa shape index (κ1) is 24.2. The van der Waals surface area contributed by atoms with Gasteiger partial charge in [0.2, 0.25) is 0 Å². The highest BCUT2D eigenvalue weighted by molar-refractivity contribution is 7.15. The van der Waals surface area contributed by atoms with E-state index in [1.807, 2.05) is 43.6 Å². The molecule has 1 aliphatic heterocycles. The standard InChI is InChI=1S/C27H33N5OS/c1-4-27(2,33)11-8-19-6-5-7-20(14-19)16-29-23-15-22(17-30-25(23)28)24-18-31-26(34-24)21-9-12-32(3)13-10-21/h5-7,14-15,17-18,21,29,33H,4,9-10,12-13,16H2,1-3H3,(H2,28,30). The molecule has 1 fully saturated rings. The molecule has 3 heterocycles. The highest BCUT2D eigenvalue weighted by atomic mass is 32.1. The summed E-state index contributed by atoms with van der Waals surface area (Å²) in [7, 11) is 2.18. The first-order valence-corrected chi connectivity index (χ1v) is 12.6. The summed E-state index contributed by atoms with van der Waals surface area (Å²) in [5.74, 6) is 7.03. The minimum Gasteiger partial charge on any atom is -0.382 e. The van der Waals surface area contributed by atoms with E-state index in [2.05, 4.69) is 40.2 Å². The molecule has 3 aromatic rings. The van der Waals surface area contributed by atoms with E-state index in [9.17, 15) is 5.11 Å². The number of hydrogen-bond acceptors (Lipinski definition) is 7. The average molecular weight is 476 g/mol. The number of nitrogens with two attached hydrogens (primary N) is 1. The van der Waals surface area contributed by atoms with Crippen molar-refractivity contribution in [3.05, 3.63) is 58.9 Å². The Morgan fingerprint density at radius 2 is 2.03 bits per heavy atom. The van der Waals surface area contributed by atoms with Crippen LogP contribution in [-0.2, 0) is 6.54 Å². The molecular formula is C27H33N5OS. The molecule has 0 amide bonds. The molecule has 0 spiro atoms. The molecule has 1 saturated heterocycles. The third kappa shape index (κ3) is 6.15. The van der Waals surface area contributed by atoms with E-state index < -0.39 is 5.60 Å². The van der Waals surface area contributed by atoms with Gasteiger partial charge in [-0.2, -0.15) is 0 Å². The fourth-order valence-corrected chi connectivity index (χ4v) is 4.94. The molecule has 1 aliphatic rings. The van der Waals surface area contributed by atoms with Gasteiger partial charge in [0.05, 0.1) is 15.6 Å². The minimum atomic E-state index is -0.974. The van der Waals surface area contributed by atoms with E-state index >= 15 is 0 Å². The number of nitrogens with zero attached hydrogens (tertiary/aromatic N) is 3. The predicted molar refractivity (Wildman–Crippen MR) is 141 cm³/mol. The smallest absolute Gasteiger partial charge is 0.146 e. The molecule has 178 valence electrons. The quantitative estimate of drug-likeness (QED) is 0.447. The molecule has 4 rings (SSSR count). The largest absolute Gasteiger partial charge is 0.382 e. The molecule has 0 saturated carbocycles. The second-order valence-corrected chi connectivity index (χ2v) is 10.3. The van der Waals surface area contributed by atoms with Crippen molar-refractivity contribution in [3.8, 4) is 22.3 Å². The number of aliphatic hydroxyl groups is 1. The van der Waals surface area contributed by atoms with Crippen molar-refractivity contribution in [1.29, 1.82) is 0 Å². The zero-order valence-electron chi connectivity index (χ0n) is 20.1. The molecule has 0 radical (unpaired) electrons. The zero-order valence-corrected chi connectivity index (χ0v) is 21.0.